The molecule has 2 nitrogen and oxygen atoms in total. The van der Waals surface area contributed by atoms with Crippen molar-refractivity contribution < 1.29 is 4.40 Å². The molecular weight excluding hydrogens is 388 g/mol. The van der Waals surface area contributed by atoms with Gasteiger partial charge in [-0.1, -0.05) is 68.4 Å². The second-order valence-electron chi connectivity index (χ2n) is 9.76. The van der Waals surface area contributed by atoms with E-state index in [9.17, 15) is 0 Å². The molecule has 0 spiro atoms. The van der Waals surface area contributed by atoms with Crippen LogP contribution in [0.5, 0.6) is 0 Å². The molecule has 0 bridgehead atoms. The lowest BCUT2D eigenvalue weighted by atomic mass is 9.81. The molecule has 3 heterocycles. The van der Waals surface area contributed by atoms with E-state index in [0.29, 0.717) is 0 Å². The molecule has 3 aromatic carbocycles. The SMILES string of the molecule is Cc1ccccc1-c1cc2c3c([n+]4c5ccccc5c(c24)n1C)-c1ccccc1C3(C)C. The number of nitrogens with zero attached hydrogens (tertiary/aromatic N) is 2. The molecule has 3 aromatic heterocycles. The highest BCUT2D eigenvalue weighted by atomic mass is 15.0. The largest absolute Gasteiger partial charge is 0.338 e. The van der Waals surface area contributed by atoms with Crippen molar-refractivity contribution in [2.75, 3.05) is 0 Å². The molecule has 0 N–H and O–H groups in total. The normalized spacial score (nSPS) is 14.5. The van der Waals surface area contributed by atoms with Crippen LogP contribution in [0.4, 0.5) is 0 Å². The van der Waals surface area contributed by atoms with Gasteiger partial charge in [0.25, 0.3) is 0 Å². The number of pyridine rings is 1. The second-order valence-corrected chi connectivity index (χ2v) is 9.76. The van der Waals surface area contributed by atoms with Crippen LogP contribution in [0.1, 0.15) is 30.5 Å². The standard InChI is InChI=1S/C30H25N2/c1-18-11-5-6-12-19(18)25-17-22-26-27(20-13-7-9-15-23(20)30(26,2)3)32-24-16-10-8-14-21(24)28(29(22)32)31(25)4/h5-17H,1-4H3/q+1. The van der Waals surface area contributed by atoms with Crippen LogP contribution >= 0.6 is 0 Å². The number of aryl methyl sites for hydroxylation is 2. The van der Waals surface area contributed by atoms with E-state index in [-0.39, 0.29) is 5.41 Å². The number of para-hydroxylation sites is 1. The summed E-state index contributed by atoms with van der Waals surface area (Å²) < 4.78 is 4.94. The lowest BCUT2D eigenvalue weighted by molar-refractivity contribution is -0.462. The van der Waals surface area contributed by atoms with Crippen LogP contribution in [0, 0.1) is 6.92 Å². The second kappa shape index (κ2) is 5.77. The van der Waals surface area contributed by atoms with Gasteiger partial charge in [-0.15, -0.1) is 4.40 Å². The Morgan fingerprint density at radius 1 is 0.781 bits per heavy atom. The molecule has 0 unspecified atom stereocenters. The van der Waals surface area contributed by atoms with Crippen molar-refractivity contribution in [2.45, 2.75) is 26.2 Å². The zero-order valence-corrected chi connectivity index (χ0v) is 18.9. The van der Waals surface area contributed by atoms with Crippen LogP contribution in [-0.2, 0) is 12.5 Å². The Balaban J connectivity index is 1.78. The van der Waals surface area contributed by atoms with E-state index in [1.807, 2.05) is 0 Å². The Labute approximate surface area is 187 Å². The number of rotatable bonds is 1. The van der Waals surface area contributed by atoms with Crippen LogP contribution in [-0.4, -0.2) is 4.57 Å². The molecule has 1 aliphatic rings. The molecule has 0 saturated heterocycles. The van der Waals surface area contributed by atoms with Gasteiger partial charge in [0.15, 0.2) is 0 Å². The van der Waals surface area contributed by atoms with Gasteiger partial charge in [-0.05, 0) is 36.2 Å². The fourth-order valence-corrected chi connectivity index (χ4v) is 6.27. The molecular formula is C30H25N2+. The number of hydrogen-bond acceptors (Lipinski definition) is 0. The average Bonchev–Trinajstić information content (AvgIpc) is 3.39. The van der Waals surface area contributed by atoms with Gasteiger partial charge in [-0.3, -0.25) is 0 Å². The maximum atomic E-state index is 2.53. The molecule has 0 aliphatic heterocycles. The predicted octanol–water partition coefficient (Wildman–Crippen LogP) is 6.79. The van der Waals surface area contributed by atoms with Crippen LogP contribution in [0.2, 0.25) is 0 Å². The Morgan fingerprint density at radius 3 is 2.28 bits per heavy atom. The van der Waals surface area contributed by atoms with E-state index in [1.54, 1.807) is 0 Å². The summed E-state index contributed by atoms with van der Waals surface area (Å²) in [5.41, 5.74) is 13.4. The predicted molar refractivity (Wildman–Crippen MR) is 133 cm³/mol. The fourth-order valence-electron chi connectivity index (χ4n) is 6.27. The summed E-state index contributed by atoms with van der Waals surface area (Å²) in [4.78, 5) is 0. The summed E-state index contributed by atoms with van der Waals surface area (Å²) in [5, 5.41) is 2.69. The first kappa shape index (κ1) is 18.0. The molecule has 7 rings (SSSR count). The van der Waals surface area contributed by atoms with E-state index in [4.69, 9.17) is 0 Å². The quantitative estimate of drug-likeness (QED) is 0.263. The minimum atomic E-state index is -0.0398. The summed E-state index contributed by atoms with van der Waals surface area (Å²) in [6.45, 7) is 6.98. The van der Waals surface area contributed by atoms with Crippen molar-refractivity contribution in [3.63, 3.8) is 0 Å². The number of fused-ring (bicyclic) bond motifs is 8. The Bertz CT molecular complexity index is 1710. The van der Waals surface area contributed by atoms with Gasteiger partial charge in [0.1, 0.15) is 5.52 Å². The van der Waals surface area contributed by atoms with E-state index in [1.165, 1.54) is 66.5 Å². The zero-order chi connectivity index (χ0) is 21.8. The van der Waals surface area contributed by atoms with Crippen molar-refractivity contribution in [1.29, 1.82) is 0 Å². The Hall–Kier alpha value is -3.65. The van der Waals surface area contributed by atoms with Gasteiger partial charge >= 0.3 is 0 Å². The molecule has 32 heavy (non-hydrogen) atoms. The third-order valence-electron chi connectivity index (χ3n) is 7.71. The number of benzene rings is 3. The summed E-state index contributed by atoms with van der Waals surface area (Å²) in [6.07, 6.45) is 0. The molecule has 0 fully saturated rings. The summed E-state index contributed by atoms with van der Waals surface area (Å²) in [5.74, 6) is 0. The Morgan fingerprint density at radius 2 is 1.47 bits per heavy atom. The van der Waals surface area contributed by atoms with Crippen molar-refractivity contribution >= 4 is 27.3 Å². The van der Waals surface area contributed by atoms with Crippen LogP contribution < -0.4 is 4.40 Å². The van der Waals surface area contributed by atoms with Gasteiger partial charge in [-0.2, -0.15) is 0 Å². The molecule has 1 aliphatic carbocycles. The van der Waals surface area contributed by atoms with Gasteiger partial charge in [0, 0.05) is 35.3 Å². The third kappa shape index (κ3) is 1.94. The van der Waals surface area contributed by atoms with Gasteiger partial charge in [-0.25, -0.2) is 0 Å². The van der Waals surface area contributed by atoms with E-state index in [0.717, 1.165) is 0 Å². The van der Waals surface area contributed by atoms with Crippen LogP contribution in [0.15, 0.2) is 78.9 Å². The summed E-state index contributed by atoms with van der Waals surface area (Å²) in [7, 11) is 2.22. The average molecular weight is 414 g/mol. The molecule has 0 atom stereocenters. The third-order valence-corrected chi connectivity index (χ3v) is 7.71. The van der Waals surface area contributed by atoms with Crippen molar-refractivity contribution in [3.05, 3.63) is 95.6 Å². The zero-order valence-electron chi connectivity index (χ0n) is 18.9. The minimum absolute atomic E-state index is 0.0398. The fraction of sp³-hybridized carbons (Fsp3) is 0.167. The highest BCUT2D eigenvalue weighted by molar-refractivity contribution is 6.12. The van der Waals surface area contributed by atoms with Crippen molar-refractivity contribution in [2.24, 2.45) is 7.05 Å². The topological polar surface area (TPSA) is 9.03 Å². The maximum Gasteiger partial charge on any atom is 0.244 e. The van der Waals surface area contributed by atoms with E-state index >= 15 is 0 Å². The molecule has 154 valence electrons. The molecule has 6 aromatic rings. The van der Waals surface area contributed by atoms with Gasteiger partial charge in [0.2, 0.25) is 16.7 Å². The van der Waals surface area contributed by atoms with Crippen LogP contribution in [0.3, 0.4) is 0 Å². The summed E-state index contributed by atoms with van der Waals surface area (Å²) in [6, 6.07) is 29.0. The highest BCUT2D eigenvalue weighted by Gasteiger charge is 2.46. The lowest BCUT2D eigenvalue weighted by Crippen LogP contribution is -2.19. The lowest BCUT2D eigenvalue weighted by Gasteiger charge is -2.20. The smallest absolute Gasteiger partial charge is 0.244 e. The molecule has 0 radical (unpaired) electrons. The van der Waals surface area contributed by atoms with E-state index < -0.39 is 0 Å². The first-order chi connectivity index (χ1) is 15.5. The number of aromatic nitrogens is 2. The van der Waals surface area contributed by atoms with Crippen molar-refractivity contribution in [1.82, 2.24) is 4.57 Å². The van der Waals surface area contributed by atoms with Gasteiger partial charge in [0.05, 0.1) is 16.3 Å². The first-order valence-corrected chi connectivity index (χ1v) is 11.4. The molecule has 2 heteroatoms. The monoisotopic (exact) mass is 413 g/mol. The summed E-state index contributed by atoms with van der Waals surface area (Å²) >= 11 is 0. The van der Waals surface area contributed by atoms with E-state index in [2.05, 4.69) is 116 Å². The number of hydrogen-bond donors (Lipinski definition) is 0. The minimum Gasteiger partial charge on any atom is -0.338 e. The molecule has 0 saturated carbocycles. The molecule has 0 amide bonds. The first-order valence-electron chi connectivity index (χ1n) is 11.4. The highest BCUT2D eigenvalue weighted by Crippen LogP contribution is 2.52. The van der Waals surface area contributed by atoms with Gasteiger partial charge < -0.3 is 4.57 Å². The maximum absolute atomic E-state index is 2.53. The van der Waals surface area contributed by atoms with Crippen LogP contribution in [0.25, 0.3) is 49.8 Å². The Kier molecular flexibility index (Phi) is 3.24. The van der Waals surface area contributed by atoms with Crippen molar-refractivity contribution in [3.8, 4) is 22.5 Å².